The minimum Gasteiger partial charge on any atom is -0.487 e. The molecule has 4 nitrogen and oxygen atoms in total. The molecule has 0 N–H and O–H groups in total. The topological polar surface area (TPSA) is 52.6 Å². The van der Waals surface area contributed by atoms with E-state index in [2.05, 4.69) is 0 Å². The van der Waals surface area contributed by atoms with Crippen LogP contribution in [0, 0.1) is 5.41 Å². The van der Waals surface area contributed by atoms with Crippen LogP contribution in [0.1, 0.15) is 90.0 Å². The van der Waals surface area contributed by atoms with Gasteiger partial charge in [-0.2, -0.15) is 0 Å². The Hall–Kier alpha value is -1.84. The van der Waals surface area contributed by atoms with Gasteiger partial charge in [-0.25, -0.2) is 0 Å². The lowest BCUT2D eigenvalue weighted by molar-refractivity contribution is 0.0832. The standard InChI is InChI=1S/C21H32O4/c1-13(22)14-11-17(25-21(8,9)10)15(18(23)19(2,3)4)12-16(14)24-20(5,6)7/h11-12H,1-10H3. The van der Waals surface area contributed by atoms with Crippen LogP contribution in [-0.2, 0) is 0 Å². The zero-order chi connectivity index (χ0) is 19.8. The second kappa shape index (κ2) is 6.81. The Kier molecular flexibility index (Phi) is 5.78. The monoisotopic (exact) mass is 348 g/mol. The third-order valence-corrected chi connectivity index (χ3v) is 3.22. The molecule has 0 aliphatic carbocycles. The second-order valence-electron chi connectivity index (χ2n) is 9.41. The van der Waals surface area contributed by atoms with E-state index in [1.165, 1.54) is 6.92 Å². The van der Waals surface area contributed by atoms with Crippen molar-refractivity contribution in [1.82, 2.24) is 0 Å². The maximum Gasteiger partial charge on any atom is 0.172 e. The van der Waals surface area contributed by atoms with Crippen molar-refractivity contribution in [2.45, 2.75) is 80.4 Å². The lowest BCUT2D eigenvalue weighted by Gasteiger charge is -2.28. The van der Waals surface area contributed by atoms with Gasteiger partial charge in [-0.15, -0.1) is 0 Å². The van der Waals surface area contributed by atoms with Crippen molar-refractivity contribution in [3.63, 3.8) is 0 Å². The van der Waals surface area contributed by atoms with Crippen LogP contribution in [0.5, 0.6) is 11.5 Å². The van der Waals surface area contributed by atoms with E-state index < -0.39 is 16.6 Å². The molecular weight excluding hydrogens is 316 g/mol. The molecule has 25 heavy (non-hydrogen) atoms. The van der Waals surface area contributed by atoms with E-state index >= 15 is 0 Å². The molecule has 0 amide bonds. The van der Waals surface area contributed by atoms with Gasteiger partial charge < -0.3 is 9.47 Å². The van der Waals surface area contributed by atoms with E-state index in [1.807, 2.05) is 62.3 Å². The van der Waals surface area contributed by atoms with Gasteiger partial charge in [-0.3, -0.25) is 9.59 Å². The molecule has 1 aromatic carbocycles. The summed E-state index contributed by atoms with van der Waals surface area (Å²) in [5.74, 6) is 0.640. The van der Waals surface area contributed by atoms with Crippen molar-refractivity contribution >= 4 is 11.6 Å². The quantitative estimate of drug-likeness (QED) is 0.677. The Morgan fingerprint density at radius 1 is 0.720 bits per heavy atom. The molecule has 140 valence electrons. The molecule has 0 aliphatic heterocycles. The molecule has 0 saturated heterocycles. The van der Waals surface area contributed by atoms with Crippen molar-refractivity contribution in [3.8, 4) is 11.5 Å². The molecule has 0 aromatic heterocycles. The fourth-order valence-corrected chi connectivity index (χ4v) is 2.25. The summed E-state index contributed by atoms with van der Waals surface area (Å²) >= 11 is 0. The van der Waals surface area contributed by atoms with E-state index in [1.54, 1.807) is 12.1 Å². The van der Waals surface area contributed by atoms with E-state index in [0.717, 1.165) is 0 Å². The Morgan fingerprint density at radius 2 is 1.08 bits per heavy atom. The minimum absolute atomic E-state index is 0.0550. The maximum absolute atomic E-state index is 13.0. The molecule has 0 heterocycles. The smallest absolute Gasteiger partial charge is 0.172 e. The van der Waals surface area contributed by atoms with Gasteiger partial charge in [0.25, 0.3) is 0 Å². The SMILES string of the molecule is CC(=O)c1cc(OC(C)(C)C)c(C(=O)C(C)(C)C)cc1OC(C)(C)C. The minimum atomic E-state index is -0.577. The molecule has 0 spiro atoms. The van der Waals surface area contributed by atoms with Gasteiger partial charge >= 0.3 is 0 Å². The number of benzene rings is 1. The van der Waals surface area contributed by atoms with E-state index in [-0.39, 0.29) is 11.6 Å². The number of carbonyl (C=O) groups excluding carboxylic acids is 2. The zero-order valence-corrected chi connectivity index (χ0v) is 17.3. The van der Waals surface area contributed by atoms with Crippen molar-refractivity contribution in [1.29, 1.82) is 0 Å². The number of Topliss-reactive ketones (excluding diaryl/α,β-unsaturated/α-hetero) is 2. The van der Waals surface area contributed by atoms with Crippen LogP contribution in [0.15, 0.2) is 12.1 Å². The highest BCUT2D eigenvalue weighted by Crippen LogP contribution is 2.36. The first-order valence-corrected chi connectivity index (χ1v) is 8.63. The van der Waals surface area contributed by atoms with Crippen LogP contribution < -0.4 is 9.47 Å². The number of hydrogen-bond donors (Lipinski definition) is 0. The van der Waals surface area contributed by atoms with Gasteiger partial charge in [0, 0.05) is 5.41 Å². The Bertz CT molecular complexity index is 665. The lowest BCUT2D eigenvalue weighted by Crippen LogP contribution is -2.28. The van der Waals surface area contributed by atoms with Crippen LogP contribution in [0.25, 0.3) is 0 Å². The summed E-state index contributed by atoms with van der Waals surface area (Å²) in [6.07, 6.45) is 0. The summed E-state index contributed by atoms with van der Waals surface area (Å²) in [4.78, 5) is 25.1. The van der Waals surface area contributed by atoms with Crippen LogP contribution >= 0.6 is 0 Å². The van der Waals surface area contributed by atoms with E-state index in [4.69, 9.17) is 9.47 Å². The van der Waals surface area contributed by atoms with Gasteiger partial charge in [0.05, 0.1) is 11.1 Å². The molecule has 1 rings (SSSR count). The molecule has 0 saturated carbocycles. The number of ketones is 2. The van der Waals surface area contributed by atoms with Gasteiger partial charge in [0.15, 0.2) is 11.6 Å². The largest absolute Gasteiger partial charge is 0.487 e. The summed E-state index contributed by atoms with van der Waals surface area (Å²) in [6, 6.07) is 3.28. The first-order valence-electron chi connectivity index (χ1n) is 8.63. The summed E-state index contributed by atoms with van der Waals surface area (Å²) in [5, 5.41) is 0. The van der Waals surface area contributed by atoms with Crippen LogP contribution in [-0.4, -0.2) is 22.8 Å². The lowest BCUT2D eigenvalue weighted by atomic mass is 9.85. The van der Waals surface area contributed by atoms with Crippen molar-refractivity contribution in [2.75, 3.05) is 0 Å². The molecule has 0 unspecified atom stereocenters. The average molecular weight is 348 g/mol. The number of hydrogen-bond acceptors (Lipinski definition) is 4. The first kappa shape index (κ1) is 21.2. The zero-order valence-electron chi connectivity index (χ0n) is 17.3. The summed E-state index contributed by atoms with van der Waals surface area (Å²) in [5.41, 5.74) is -0.704. The third-order valence-electron chi connectivity index (χ3n) is 3.22. The predicted octanol–water partition coefficient (Wildman–Crippen LogP) is 5.47. The summed E-state index contributed by atoms with van der Waals surface area (Å²) in [6.45, 7) is 18.5. The fraction of sp³-hybridized carbons (Fsp3) is 0.619. The molecule has 0 atom stereocenters. The van der Waals surface area contributed by atoms with Crippen LogP contribution in [0.4, 0.5) is 0 Å². The molecule has 0 radical (unpaired) electrons. The highest BCUT2D eigenvalue weighted by Gasteiger charge is 2.30. The van der Waals surface area contributed by atoms with E-state index in [9.17, 15) is 9.59 Å². The number of ether oxygens (including phenoxy) is 2. The van der Waals surface area contributed by atoms with Crippen molar-refractivity contribution < 1.29 is 19.1 Å². The molecule has 1 aromatic rings. The summed E-state index contributed by atoms with van der Waals surface area (Å²) in [7, 11) is 0. The molecule has 0 aliphatic rings. The molecule has 4 heteroatoms. The normalized spacial score (nSPS) is 12.7. The fourth-order valence-electron chi connectivity index (χ4n) is 2.25. The Labute approximate surface area is 151 Å². The van der Waals surface area contributed by atoms with Gasteiger partial charge in [-0.1, -0.05) is 20.8 Å². The number of rotatable bonds is 4. The van der Waals surface area contributed by atoms with Crippen molar-refractivity contribution in [3.05, 3.63) is 23.3 Å². The molecule has 0 bridgehead atoms. The summed E-state index contributed by atoms with van der Waals surface area (Å²) < 4.78 is 12.0. The highest BCUT2D eigenvalue weighted by molar-refractivity contribution is 6.05. The number of carbonyl (C=O) groups is 2. The van der Waals surface area contributed by atoms with Gasteiger partial charge in [-0.05, 0) is 60.6 Å². The molecular formula is C21H32O4. The van der Waals surface area contributed by atoms with Gasteiger partial charge in [0.2, 0.25) is 0 Å². The Morgan fingerprint density at radius 3 is 1.40 bits per heavy atom. The Balaban J connectivity index is 3.67. The van der Waals surface area contributed by atoms with Crippen molar-refractivity contribution in [2.24, 2.45) is 5.41 Å². The first-order chi connectivity index (χ1) is 11.0. The van der Waals surface area contributed by atoms with Crippen LogP contribution in [0.2, 0.25) is 0 Å². The maximum atomic E-state index is 13.0. The van der Waals surface area contributed by atoms with E-state index in [0.29, 0.717) is 22.6 Å². The second-order valence-corrected chi connectivity index (χ2v) is 9.41. The average Bonchev–Trinajstić information content (AvgIpc) is 2.34. The highest BCUT2D eigenvalue weighted by atomic mass is 16.5. The third kappa shape index (κ3) is 6.18. The van der Waals surface area contributed by atoms with Gasteiger partial charge in [0.1, 0.15) is 22.7 Å². The predicted molar refractivity (Wildman–Crippen MR) is 101 cm³/mol. The molecule has 0 fully saturated rings. The van der Waals surface area contributed by atoms with Crippen LogP contribution in [0.3, 0.4) is 0 Å².